The van der Waals surface area contributed by atoms with E-state index in [0.29, 0.717) is 6.42 Å². The molecule has 0 radical (unpaired) electrons. The molecule has 0 fully saturated rings. The van der Waals surface area contributed by atoms with Gasteiger partial charge in [0.25, 0.3) is 0 Å². The maximum atomic E-state index is 12.1. The molecule has 1 aromatic carbocycles. The van der Waals surface area contributed by atoms with E-state index in [0.717, 1.165) is 24.2 Å². The van der Waals surface area contributed by atoms with E-state index in [4.69, 9.17) is 4.74 Å². The van der Waals surface area contributed by atoms with Crippen molar-refractivity contribution in [1.82, 2.24) is 0 Å². The quantitative estimate of drug-likeness (QED) is 0.809. The van der Waals surface area contributed by atoms with Gasteiger partial charge in [0.15, 0.2) is 11.2 Å². The second-order valence-electron chi connectivity index (χ2n) is 6.03. The number of carbonyl (C=O) groups is 1. The summed E-state index contributed by atoms with van der Waals surface area (Å²) >= 11 is 1.70. The molecule has 19 heavy (non-hydrogen) atoms. The first kappa shape index (κ1) is 12.8. The minimum absolute atomic E-state index is 0.0439. The van der Waals surface area contributed by atoms with E-state index in [1.165, 1.54) is 4.90 Å². The zero-order valence-corrected chi connectivity index (χ0v) is 12.1. The molecular weight excluding hydrogens is 256 g/mol. The van der Waals surface area contributed by atoms with Gasteiger partial charge in [-0.2, -0.15) is 0 Å². The molecule has 3 rings (SSSR count). The standard InChI is InChI=1S/C16H18O2S/c1-16(2)9-13(17)12-8-15(18-14(12)10-16)19-11-6-4-3-5-7-11/h3-7,15H,8-10H2,1-2H3. The van der Waals surface area contributed by atoms with Crippen LogP contribution in [0.3, 0.4) is 0 Å². The molecule has 2 aliphatic rings. The number of Topliss-reactive ketones (excluding diaryl/α,β-unsaturated/α-hetero) is 1. The number of benzene rings is 1. The Labute approximate surface area is 118 Å². The average molecular weight is 274 g/mol. The van der Waals surface area contributed by atoms with Gasteiger partial charge in [-0.05, 0) is 17.5 Å². The summed E-state index contributed by atoms with van der Waals surface area (Å²) in [4.78, 5) is 13.3. The van der Waals surface area contributed by atoms with Crippen LogP contribution in [0.5, 0.6) is 0 Å². The van der Waals surface area contributed by atoms with Crippen LogP contribution in [-0.4, -0.2) is 11.2 Å². The summed E-state index contributed by atoms with van der Waals surface area (Å²) in [5, 5.41) is 0. The summed E-state index contributed by atoms with van der Waals surface area (Å²) in [6.45, 7) is 4.27. The lowest BCUT2D eigenvalue weighted by Crippen LogP contribution is -2.24. The van der Waals surface area contributed by atoms with Gasteiger partial charge in [-0.25, -0.2) is 0 Å². The molecule has 0 spiro atoms. The summed E-state index contributed by atoms with van der Waals surface area (Å²) in [5.74, 6) is 1.22. The van der Waals surface area contributed by atoms with Gasteiger partial charge in [0.05, 0.1) is 0 Å². The van der Waals surface area contributed by atoms with Crippen molar-refractivity contribution in [2.45, 2.75) is 43.4 Å². The summed E-state index contributed by atoms with van der Waals surface area (Å²) in [5.41, 5.74) is 1.04. The average Bonchev–Trinajstić information content (AvgIpc) is 2.71. The summed E-state index contributed by atoms with van der Waals surface area (Å²) < 4.78 is 6.00. The molecule has 1 aromatic rings. The van der Waals surface area contributed by atoms with Gasteiger partial charge in [0, 0.05) is 29.7 Å². The van der Waals surface area contributed by atoms with Crippen molar-refractivity contribution in [2.75, 3.05) is 0 Å². The van der Waals surface area contributed by atoms with Crippen LogP contribution in [0.2, 0.25) is 0 Å². The molecular formula is C16H18O2S. The molecule has 100 valence electrons. The number of thioether (sulfide) groups is 1. The molecule has 0 bridgehead atoms. The highest BCUT2D eigenvalue weighted by molar-refractivity contribution is 7.99. The number of ketones is 1. The van der Waals surface area contributed by atoms with E-state index in [9.17, 15) is 4.79 Å². The third kappa shape index (κ3) is 2.71. The van der Waals surface area contributed by atoms with Crippen molar-refractivity contribution in [1.29, 1.82) is 0 Å². The zero-order valence-electron chi connectivity index (χ0n) is 11.3. The molecule has 2 nitrogen and oxygen atoms in total. The number of hydrogen-bond donors (Lipinski definition) is 0. The molecule has 0 saturated carbocycles. The summed E-state index contributed by atoms with van der Waals surface area (Å²) in [7, 11) is 0. The fraction of sp³-hybridized carbons (Fsp3) is 0.438. The third-order valence-electron chi connectivity index (χ3n) is 3.61. The topological polar surface area (TPSA) is 26.3 Å². The van der Waals surface area contributed by atoms with Crippen LogP contribution in [0.25, 0.3) is 0 Å². The van der Waals surface area contributed by atoms with Crippen molar-refractivity contribution < 1.29 is 9.53 Å². The lowest BCUT2D eigenvalue weighted by Gasteiger charge is -2.28. The van der Waals surface area contributed by atoms with E-state index in [-0.39, 0.29) is 16.6 Å². The summed E-state index contributed by atoms with van der Waals surface area (Å²) in [6, 6.07) is 10.2. The van der Waals surface area contributed by atoms with Crippen LogP contribution in [-0.2, 0) is 9.53 Å². The van der Waals surface area contributed by atoms with Crippen LogP contribution in [0.1, 0.15) is 33.1 Å². The maximum Gasteiger partial charge on any atom is 0.162 e. The first-order chi connectivity index (χ1) is 9.03. The SMILES string of the molecule is CC1(C)CC(=O)C2=C(C1)OC(Sc1ccccc1)C2. The predicted molar refractivity (Wildman–Crippen MR) is 76.8 cm³/mol. The lowest BCUT2D eigenvalue weighted by molar-refractivity contribution is -0.118. The van der Waals surface area contributed by atoms with Crippen LogP contribution in [0.4, 0.5) is 0 Å². The first-order valence-corrected chi connectivity index (χ1v) is 7.55. The molecule has 0 N–H and O–H groups in total. The molecule has 0 amide bonds. The number of rotatable bonds is 2. The highest BCUT2D eigenvalue weighted by atomic mass is 32.2. The second kappa shape index (κ2) is 4.71. The molecule has 1 unspecified atom stereocenters. The van der Waals surface area contributed by atoms with Crippen molar-refractivity contribution in [3.63, 3.8) is 0 Å². The van der Waals surface area contributed by atoms with Gasteiger partial charge >= 0.3 is 0 Å². The fourth-order valence-electron chi connectivity index (χ4n) is 2.72. The molecule has 1 aliphatic heterocycles. The molecule has 1 aliphatic carbocycles. The minimum Gasteiger partial charge on any atom is -0.483 e. The molecule has 0 saturated heterocycles. The fourth-order valence-corrected chi connectivity index (χ4v) is 3.76. The van der Waals surface area contributed by atoms with Crippen LogP contribution < -0.4 is 0 Å². The van der Waals surface area contributed by atoms with Gasteiger partial charge in [0.1, 0.15) is 5.76 Å². The molecule has 0 aromatic heterocycles. The van der Waals surface area contributed by atoms with Crippen molar-refractivity contribution >= 4 is 17.5 Å². The van der Waals surface area contributed by atoms with Crippen LogP contribution in [0, 0.1) is 5.41 Å². The van der Waals surface area contributed by atoms with Gasteiger partial charge in [-0.3, -0.25) is 4.79 Å². The Morgan fingerprint density at radius 1 is 1.21 bits per heavy atom. The normalized spacial score (nSPS) is 25.2. The second-order valence-corrected chi connectivity index (χ2v) is 7.26. The minimum atomic E-state index is 0.0439. The Morgan fingerprint density at radius 3 is 2.68 bits per heavy atom. The van der Waals surface area contributed by atoms with E-state index in [2.05, 4.69) is 26.0 Å². The Kier molecular flexibility index (Phi) is 3.17. The predicted octanol–water partition coefficient (Wildman–Crippen LogP) is 4.17. The van der Waals surface area contributed by atoms with Crippen LogP contribution in [0.15, 0.2) is 46.6 Å². The van der Waals surface area contributed by atoms with Gasteiger partial charge in [-0.1, -0.05) is 43.8 Å². The number of allylic oxidation sites excluding steroid dienone is 1. The summed E-state index contributed by atoms with van der Waals surface area (Å²) in [6.07, 6.45) is 2.29. The highest BCUT2D eigenvalue weighted by Crippen LogP contribution is 2.45. The van der Waals surface area contributed by atoms with Crippen molar-refractivity contribution in [3.8, 4) is 0 Å². The smallest absolute Gasteiger partial charge is 0.162 e. The first-order valence-electron chi connectivity index (χ1n) is 6.67. The molecule has 3 heteroatoms. The monoisotopic (exact) mass is 274 g/mol. The Bertz CT molecular complexity index is 531. The van der Waals surface area contributed by atoms with Gasteiger partial charge in [-0.15, -0.1) is 0 Å². The zero-order chi connectivity index (χ0) is 13.5. The van der Waals surface area contributed by atoms with E-state index in [1.54, 1.807) is 11.8 Å². The number of ether oxygens (including phenoxy) is 1. The van der Waals surface area contributed by atoms with Crippen LogP contribution >= 0.6 is 11.8 Å². The number of hydrogen-bond acceptors (Lipinski definition) is 3. The van der Waals surface area contributed by atoms with Gasteiger partial charge < -0.3 is 4.74 Å². The van der Waals surface area contributed by atoms with Crippen molar-refractivity contribution in [3.05, 3.63) is 41.7 Å². The molecule has 1 heterocycles. The Morgan fingerprint density at radius 2 is 1.95 bits per heavy atom. The molecule has 1 atom stereocenters. The highest BCUT2D eigenvalue weighted by Gasteiger charge is 2.39. The lowest BCUT2D eigenvalue weighted by atomic mass is 9.76. The maximum absolute atomic E-state index is 12.1. The van der Waals surface area contributed by atoms with Crippen molar-refractivity contribution in [2.24, 2.45) is 5.41 Å². The van der Waals surface area contributed by atoms with Gasteiger partial charge in [0.2, 0.25) is 0 Å². The third-order valence-corrected chi connectivity index (χ3v) is 4.68. The van der Waals surface area contributed by atoms with E-state index in [1.807, 2.05) is 18.2 Å². The van der Waals surface area contributed by atoms with E-state index < -0.39 is 0 Å². The largest absolute Gasteiger partial charge is 0.483 e. The number of carbonyl (C=O) groups excluding carboxylic acids is 1. The van der Waals surface area contributed by atoms with E-state index >= 15 is 0 Å². The Hall–Kier alpha value is -1.22. The Balaban J connectivity index is 1.71.